The Morgan fingerprint density at radius 3 is 2.76 bits per heavy atom. The van der Waals surface area contributed by atoms with Crippen molar-refractivity contribution >= 4 is 0 Å². The van der Waals surface area contributed by atoms with Crippen LogP contribution in [0.4, 0.5) is 8.78 Å². The van der Waals surface area contributed by atoms with Crippen LogP contribution in [0.3, 0.4) is 0 Å². The lowest BCUT2D eigenvalue weighted by Crippen LogP contribution is -1.99. The number of methoxy groups -OCH3 is 1. The fraction of sp³-hybridized carbons (Fsp3) is 0.182. The molecule has 3 N–H and O–H groups in total. The zero-order chi connectivity index (χ0) is 12.4. The predicted octanol–water partition coefficient (Wildman–Crippen LogP) is 1.82. The second-order valence-electron chi connectivity index (χ2n) is 3.44. The number of nitrogens with two attached hydrogens (primary N) is 1. The van der Waals surface area contributed by atoms with Gasteiger partial charge in [-0.2, -0.15) is 5.10 Å². The van der Waals surface area contributed by atoms with Gasteiger partial charge in [0, 0.05) is 23.7 Å². The Morgan fingerprint density at radius 2 is 2.12 bits per heavy atom. The third-order valence-corrected chi connectivity index (χ3v) is 2.45. The van der Waals surface area contributed by atoms with Gasteiger partial charge in [0.15, 0.2) is 11.6 Å². The summed E-state index contributed by atoms with van der Waals surface area (Å²) in [5.41, 5.74) is 6.56. The molecule has 0 aliphatic rings. The number of H-pyrrole nitrogens is 1. The van der Waals surface area contributed by atoms with Crippen LogP contribution in [-0.4, -0.2) is 17.3 Å². The van der Waals surface area contributed by atoms with Crippen LogP contribution < -0.4 is 10.5 Å². The molecule has 0 amide bonds. The van der Waals surface area contributed by atoms with E-state index in [0.717, 1.165) is 12.1 Å². The highest BCUT2D eigenvalue weighted by Gasteiger charge is 2.15. The highest BCUT2D eigenvalue weighted by atomic mass is 19.1. The van der Waals surface area contributed by atoms with Crippen LogP contribution >= 0.6 is 0 Å². The summed E-state index contributed by atoms with van der Waals surface area (Å²) in [5, 5.41) is 6.36. The van der Waals surface area contributed by atoms with Crippen molar-refractivity contribution in [3.63, 3.8) is 0 Å². The van der Waals surface area contributed by atoms with E-state index in [4.69, 9.17) is 5.73 Å². The summed E-state index contributed by atoms with van der Waals surface area (Å²) in [5.74, 6) is -1.37. The molecule has 1 aromatic carbocycles. The number of rotatable bonds is 3. The molecule has 0 spiro atoms. The molecular formula is C11H11F2N3O. The van der Waals surface area contributed by atoms with E-state index >= 15 is 0 Å². The van der Waals surface area contributed by atoms with Gasteiger partial charge in [0.05, 0.1) is 19.0 Å². The number of aromatic amines is 1. The van der Waals surface area contributed by atoms with E-state index in [2.05, 4.69) is 14.9 Å². The van der Waals surface area contributed by atoms with Gasteiger partial charge >= 0.3 is 0 Å². The normalized spacial score (nSPS) is 10.6. The van der Waals surface area contributed by atoms with Gasteiger partial charge < -0.3 is 10.5 Å². The third-order valence-electron chi connectivity index (χ3n) is 2.45. The molecule has 17 heavy (non-hydrogen) atoms. The van der Waals surface area contributed by atoms with Crippen LogP contribution in [-0.2, 0) is 6.54 Å². The summed E-state index contributed by atoms with van der Waals surface area (Å²) >= 11 is 0. The van der Waals surface area contributed by atoms with Crippen LogP contribution in [0.15, 0.2) is 18.3 Å². The molecule has 0 bridgehead atoms. The molecular weight excluding hydrogens is 228 g/mol. The molecule has 0 saturated heterocycles. The maximum Gasteiger partial charge on any atom is 0.165 e. The number of ether oxygens (including phenoxy) is 1. The summed E-state index contributed by atoms with van der Waals surface area (Å²) in [6.45, 7) is 0.193. The monoisotopic (exact) mass is 239 g/mol. The standard InChI is InChI=1S/C11H11F2N3O/c1-17-10-3-8(12)7(2-9(10)13)11-6(4-14)5-15-16-11/h2-3,5H,4,14H2,1H3,(H,15,16). The summed E-state index contributed by atoms with van der Waals surface area (Å²) in [6.07, 6.45) is 1.48. The van der Waals surface area contributed by atoms with Crippen LogP contribution in [0.25, 0.3) is 11.3 Å². The Labute approximate surface area is 96.4 Å². The van der Waals surface area contributed by atoms with E-state index in [9.17, 15) is 8.78 Å². The molecule has 0 aliphatic carbocycles. The first-order valence-electron chi connectivity index (χ1n) is 4.93. The first-order chi connectivity index (χ1) is 8.17. The smallest absolute Gasteiger partial charge is 0.165 e. The summed E-state index contributed by atoms with van der Waals surface area (Å²) < 4.78 is 32.0. The predicted molar refractivity (Wildman–Crippen MR) is 58.4 cm³/mol. The molecule has 1 heterocycles. The SMILES string of the molecule is COc1cc(F)c(-c2[nH]ncc2CN)cc1F. The van der Waals surface area contributed by atoms with Gasteiger partial charge in [-0.15, -0.1) is 0 Å². The second-order valence-corrected chi connectivity index (χ2v) is 3.44. The number of hydrogen-bond donors (Lipinski definition) is 2. The van der Waals surface area contributed by atoms with Gasteiger partial charge in [-0.1, -0.05) is 0 Å². The van der Waals surface area contributed by atoms with E-state index < -0.39 is 11.6 Å². The Morgan fingerprint density at radius 1 is 1.35 bits per heavy atom. The first-order valence-corrected chi connectivity index (χ1v) is 4.93. The highest BCUT2D eigenvalue weighted by molar-refractivity contribution is 5.64. The minimum atomic E-state index is -0.638. The van der Waals surface area contributed by atoms with Crippen LogP contribution in [0.5, 0.6) is 5.75 Å². The minimum Gasteiger partial charge on any atom is -0.494 e. The number of hydrogen-bond acceptors (Lipinski definition) is 3. The Bertz CT molecular complexity index is 540. The lowest BCUT2D eigenvalue weighted by atomic mass is 10.1. The van der Waals surface area contributed by atoms with Crippen LogP contribution in [0, 0.1) is 11.6 Å². The van der Waals surface area contributed by atoms with E-state index in [1.54, 1.807) is 0 Å². The highest BCUT2D eigenvalue weighted by Crippen LogP contribution is 2.29. The zero-order valence-corrected chi connectivity index (χ0v) is 9.13. The van der Waals surface area contributed by atoms with Gasteiger partial charge in [0.2, 0.25) is 0 Å². The van der Waals surface area contributed by atoms with Crippen molar-refractivity contribution in [3.05, 3.63) is 35.5 Å². The maximum atomic E-state index is 13.8. The number of aromatic nitrogens is 2. The molecule has 2 rings (SSSR count). The number of nitrogens with one attached hydrogen (secondary N) is 1. The molecule has 0 saturated carbocycles. The largest absolute Gasteiger partial charge is 0.494 e. The Balaban J connectivity index is 2.56. The molecule has 4 nitrogen and oxygen atoms in total. The third kappa shape index (κ3) is 1.99. The van der Waals surface area contributed by atoms with Crippen molar-refractivity contribution in [3.8, 4) is 17.0 Å². The number of halogens is 2. The minimum absolute atomic E-state index is 0.0845. The molecule has 0 unspecified atom stereocenters. The van der Waals surface area contributed by atoms with E-state index in [1.807, 2.05) is 0 Å². The van der Waals surface area contributed by atoms with E-state index in [0.29, 0.717) is 11.3 Å². The molecule has 0 radical (unpaired) electrons. The fourth-order valence-corrected chi connectivity index (χ4v) is 1.58. The molecule has 0 aliphatic heterocycles. The lowest BCUT2D eigenvalue weighted by molar-refractivity contribution is 0.383. The van der Waals surface area contributed by atoms with Crippen molar-refractivity contribution in [2.24, 2.45) is 5.73 Å². The molecule has 0 atom stereocenters. The Hall–Kier alpha value is -1.95. The molecule has 0 fully saturated rings. The van der Waals surface area contributed by atoms with Crippen LogP contribution in [0.1, 0.15) is 5.56 Å². The van der Waals surface area contributed by atoms with Gasteiger partial charge in [-0.05, 0) is 6.07 Å². The first kappa shape index (κ1) is 11.5. The van der Waals surface area contributed by atoms with Gasteiger partial charge in [0.25, 0.3) is 0 Å². The topological polar surface area (TPSA) is 63.9 Å². The molecule has 1 aromatic heterocycles. The summed E-state index contributed by atoms with van der Waals surface area (Å²) in [4.78, 5) is 0. The number of benzene rings is 1. The quantitative estimate of drug-likeness (QED) is 0.858. The summed E-state index contributed by atoms with van der Waals surface area (Å²) in [6, 6.07) is 2.05. The van der Waals surface area contributed by atoms with E-state index in [-0.39, 0.29) is 17.9 Å². The molecule has 2 aromatic rings. The second kappa shape index (κ2) is 4.50. The van der Waals surface area contributed by atoms with Gasteiger partial charge in [-0.25, -0.2) is 8.78 Å². The maximum absolute atomic E-state index is 13.8. The molecule has 90 valence electrons. The zero-order valence-electron chi connectivity index (χ0n) is 9.13. The van der Waals surface area contributed by atoms with Crippen LogP contribution in [0.2, 0.25) is 0 Å². The van der Waals surface area contributed by atoms with Crippen molar-refractivity contribution in [2.75, 3.05) is 7.11 Å². The Kier molecular flexibility index (Phi) is 3.06. The van der Waals surface area contributed by atoms with Gasteiger partial charge in [-0.3, -0.25) is 5.10 Å². The average molecular weight is 239 g/mol. The van der Waals surface area contributed by atoms with Crippen molar-refractivity contribution in [1.82, 2.24) is 10.2 Å². The van der Waals surface area contributed by atoms with Crippen molar-refractivity contribution in [2.45, 2.75) is 6.54 Å². The van der Waals surface area contributed by atoms with Crippen molar-refractivity contribution in [1.29, 1.82) is 0 Å². The average Bonchev–Trinajstić information content (AvgIpc) is 2.79. The lowest BCUT2D eigenvalue weighted by Gasteiger charge is -2.07. The van der Waals surface area contributed by atoms with E-state index in [1.165, 1.54) is 13.3 Å². The van der Waals surface area contributed by atoms with Crippen molar-refractivity contribution < 1.29 is 13.5 Å². The number of nitrogens with zero attached hydrogens (tertiary/aromatic N) is 1. The fourth-order valence-electron chi connectivity index (χ4n) is 1.58. The molecule has 6 heteroatoms. The van der Waals surface area contributed by atoms with Gasteiger partial charge in [0.1, 0.15) is 5.82 Å². The summed E-state index contributed by atoms with van der Waals surface area (Å²) in [7, 11) is 1.28.